The molecule has 1 spiro atoms. The van der Waals surface area contributed by atoms with Gasteiger partial charge in [0.2, 0.25) is 5.91 Å². The van der Waals surface area contributed by atoms with E-state index in [1.54, 1.807) is 0 Å². The summed E-state index contributed by atoms with van der Waals surface area (Å²) in [6, 6.07) is 12.9. The van der Waals surface area contributed by atoms with Gasteiger partial charge in [-0.25, -0.2) is 0 Å². The summed E-state index contributed by atoms with van der Waals surface area (Å²) < 4.78 is 6.36. The highest BCUT2D eigenvalue weighted by molar-refractivity contribution is 7.15. The molecule has 0 atom stereocenters. The van der Waals surface area contributed by atoms with Crippen molar-refractivity contribution in [3.63, 3.8) is 0 Å². The van der Waals surface area contributed by atoms with Crippen LogP contribution in [-0.2, 0) is 21.6 Å². The molecule has 27 heavy (non-hydrogen) atoms. The molecule has 5 rings (SSSR count). The Labute approximate surface area is 163 Å². The largest absolute Gasteiger partial charge is 0.395 e. The normalized spacial score (nSPS) is 22.5. The Morgan fingerprint density at radius 1 is 1.15 bits per heavy atom. The topological polar surface area (TPSA) is 49.8 Å². The summed E-state index contributed by atoms with van der Waals surface area (Å²) >= 11 is 1.89. The van der Waals surface area contributed by atoms with Crippen molar-refractivity contribution in [2.24, 2.45) is 5.41 Å². The van der Waals surface area contributed by atoms with Gasteiger partial charge in [0.15, 0.2) is 0 Å². The van der Waals surface area contributed by atoms with Crippen LogP contribution in [-0.4, -0.2) is 42.2 Å². The van der Waals surface area contributed by atoms with Crippen molar-refractivity contribution in [2.75, 3.05) is 26.3 Å². The average molecular weight is 384 g/mol. The minimum atomic E-state index is -0.466. The van der Waals surface area contributed by atoms with Gasteiger partial charge in [-0.3, -0.25) is 4.79 Å². The highest BCUT2D eigenvalue weighted by Gasteiger charge is 2.53. The minimum Gasteiger partial charge on any atom is -0.395 e. The third-order valence-electron chi connectivity index (χ3n) is 6.53. The summed E-state index contributed by atoms with van der Waals surface area (Å²) in [6.45, 7) is 2.18. The van der Waals surface area contributed by atoms with Crippen LogP contribution in [0.15, 0.2) is 36.4 Å². The number of aliphatic hydroxyl groups excluding tert-OH is 1. The Bertz CT molecular complexity index is 848. The minimum absolute atomic E-state index is 0.0148. The molecular weight excluding hydrogens is 358 g/mol. The number of ether oxygens (including phenoxy) is 1. The number of fused-ring (bicyclic) bond motifs is 2. The summed E-state index contributed by atoms with van der Waals surface area (Å²) in [4.78, 5) is 17.4. The first kappa shape index (κ1) is 17.4. The van der Waals surface area contributed by atoms with E-state index in [0.29, 0.717) is 0 Å². The van der Waals surface area contributed by atoms with Crippen LogP contribution in [0.25, 0.3) is 10.4 Å². The Morgan fingerprint density at radius 3 is 2.56 bits per heavy atom. The van der Waals surface area contributed by atoms with Gasteiger partial charge in [0.1, 0.15) is 0 Å². The Morgan fingerprint density at radius 2 is 1.89 bits per heavy atom. The number of likely N-dealkylation sites (tertiary alicyclic amines) is 1. The summed E-state index contributed by atoms with van der Waals surface area (Å²) in [5, 5.41) is 9.57. The predicted octanol–water partition coefficient (Wildman–Crippen LogP) is 3.58. The van der Waals surface area contributed by atoms with Gasteiger partial charge in [0.05, 0.1) is 24.2 Å². The molecule has 1 aliphatic carbocycles. The Kier molecular flexibility index (Phi) is 4.15. The number of thiophene rings is 1. The molecule has 0 unspecified atom stereocenters. The van der Waals surface area contributed by atoms with E-state index in [9.17, 15) is 9.90 Å². The first-order valence-corrected chi connectivity index (χ1v) is 10.7. The van der Waals surface area contributed by atoms with E-state index in [-0.39, 0.29) is 18.1 Å². The van der Waals surface area contributed by atoms with E-state index in [1.807, 2.05) is 22.3 Å². The number of hydrogen-bond donors (Lipinski definition) is 1. The molecule has 1 N–H and O–H groups in total. The van der Waals surface area contributed by atoms with Crippen LogP contribution >= 0.6 is 11.3 Å². The molecular formula is C22H25NO3S. The quantitative estimate of drug-likeness (QED) is 0.881. The fourth-order valence-corrected chi connectivity index (χ4v) is 5.81. The second-order valence-corrected chi connectivity index (χ2v) is 9.27. The Balaban J connectivity index is 1.38. The number of piperidine rings is 1. The van der Waals surface area contributed by atoms with Crippen molar-refractivity contribution in [3.8, 4) is 10.4 Å². The first-order valence-electron chi connectivity index (χ1n) is 9.89. The molecule has 1 aromatic heterocycles. The zero-order valence-corrected chi connectivity index (χ0v) is 16.3. The van der Waals surface area contributed by atoms with Gasteiger partial charge in [-0.05, 0) is 42.9 Å². The monoisotopic (exact) mass is 383 g/mol. The SMILES string of the molecule is O=C(N1CCC2(CC1)OCCc1sc(-c3ccccc3)cc12)C1(CO)CC1. The van der Waals surface area contributed by atoms with Crippen LogP contribution in [0.4, 0.5) is 0 Å². The molecule has 1 saturated heterocycles. The van der Waals surface area contributed by atoms with E-state index < -0.39 is 5.41 Å². The van der Waals surface area contributed by atoms with Crippen LogP contribution in [0.2, 0.25) is 0 Å². The van der Waals surface area contributed by atoms with Gasteiger partial charge in [-0.2, -0.15) is 0 Å². The maximum atomic E-state index is 12.7. The van der Waals surface area contributed by atoms with Crippen LogP contribution in [0.3, 0.4) is 0 Å². The number of hydrogen-bond acceptors (Lipinski definition) is 4. The van der Waals surface area contributed by atoms with E-state index >= 15 is 0 Å². The lowest BCUT2D eigenvalue weighted by atomic mass is 9.81. The number of nitrogens with zero attached hydrogens (tertiary/aromatic N) is 1. The summed E-state index contributed by atoms with van der Waals surface area (Å²) in [5.41, 5.74) is 1.89. The molecule has 142 valence electrons. The maximum absolute atomic E-state index is 12.7. The van der Waals surface area contributed by atoms with Crippen molar-refractivity contribution < 1.29 is 14.6 Å². The molecule has 0 radical (unpaired) electrons. The van der Waals surface area contributed by atoms with Crippen molar-refractivity contribution >= 4 is 17.2 Å². The van der Waals surface area contributed by atoms with Gasteiger partial charge in [0.25, 0.3) is 0 Å². The smallest absolute Gasteiger partial charge is 0.231 e. The van der Waals surface area contributed by atoms with Gasteiger partial charge in [-0.1, -0.05) is 30.3 Å². The zero-order valence-electron chi connectivity index (χ0n) is 15.4. The van der Waals surface area contributed by atoms with Crippen molar-refractivity contribution in [1.29, 1.82) is 0 Å². The van der Waals surface area contributed by atoms with Crippen LogP contribution in [0.5, 0.6) is 0 Å². The molecule has 3 aliphatic rings. The molecule has 0 bridgehead atoms. The second kappa shape index (κ2) is 6.43. The maximum Gasteiger partial charge on any atom is 0.231 e. The van der Waals surface area contributed by atoms with Crippen LogP contribution in [0, 0.1) is 5.41 Å². The number of benzene rings is 1. The van der Waals surface area contributed by atoms with Gasteiger partial charge in [-0.15, -0.1) is 11.3 Å². The van der Waals surface area contributed by atoms with Crippen molar-refractivity contribution in [2.45, 2.75) is 37.7 Å². The highest BCUT2D eigenvalue weighted by Crippen LogP contribution is 2.50. The lowest BCUT2D eigenvalue weighted by Gasteiger charge is -2.44. The fourth-order valence-electron chi connectivity index (χ4n) is 4.57. The second-order valence-electron chi connectivity index (χ2n) is 8.14. The molecule has 1 aromatic carbocycles. The van der Waals surface area contributed by atoms with Crippen molar-refractivity contribution in [3.05, 3.63) is 46.8 Å². The summed E-state index contributed by atoms with van der Waals surface area (Å²) in [7, 11) is 0. The lowest BCUT2D eigenvalue weighted by Crippen LogP contribution is -2.50. The molecule has 2 fully saturated rings. The zero-order chi connectivity index (χ0) is 18.5. The molecule has 1 amide bonds. The number of amides is 1. The lowest BCUT2D eigenvalue weighted by molar-refractivity contribution is -0.147. The fraction of sp³-hybridized carbons (Fsp3) is 0.500. The van der Waals surface area contributed by atoms with Gasteiger partial charge in [0, 0.05) is 29.3 Å². The van der Waals surface area contributed by atoms with Crippen LogP contribution in [0.1, 0.15) is 36.1 Å². The number of rotatable bonds is 3. The third-order valence-corrected chi connectivity index (χ3v) is 7.78. The van der Waals surface area contributed by atoms with E-state index in [0.717, 1.165) is 51.8 Å². The molecule has 4 nitrogen and oxygen atoms in total. The number of carbonyl (C=O) groups excluding carboxylic acids is 1. The summed E-state index contributed by atoms with van der Waals surface area (Å²) in [6.07, 6.45) is 4.33. The molecule has 2 aliphatic heterocycles. The predicted molar refractivity (Wildman–Crippen MR) is 106 cm³/mol. The highest BCUT2D eigenvalue weighted by atomic mass is 32.1. The third kappa shape index (κ3) is 2.84. The Hall–Kier alpha value is -1.69. The van der Waals surface area contributed by atoms with Crippen molar-refractivity contribution in [1.82, 2.24) is 4.90 Å². The van der Waals surface area contributed by atoms with E-state index in [1.165, 1.54) is 20.9 Å². The van der Waals surface area contributed by atoms with E-state index in [4.69, 9.17) is 4.74 Å². The standard InChI is InChI=1S/C22H25NO3S/c24-15-21(7-8-21)20(25)23-11-9-22(10-12-23)17-14-19(16-4-2-1-3-5-16)27-18(17)6-13-26-22/h1-5,14,24H,6-13,15H2. The van der Waals surface area contributed by atoms with E-state index in [2.05, 4.69) is 30.3 Å². The molecule has 5 heteroatoms. The van der Waals surface area contributed by atoms with Gasteiger partial charge >= 0.3 is 0 Å². The molecule has 1 saturated carbocycles. The number of carbonyl (C=O) groups is 1. The molecule has 3 heterocycles. The van der Waals surface area contributed by atoms with Gasteiger partial charge < -0.3 is 14.7 Å². The van der Waals surface area contributed by atoms with Crippen LogP contribution < -0.4 is 0 Å². The molecule has 2 aromatic rings. The summed E-state index contributed by atoms with van der Waals surface area (Å²) in [5.74, 6) is 0.145. The average Bonchev–Trinajstić information content (AvgIpc) is 3.40. The number of aliphatic hydroxyl groups is 1. The first-order chi connectivity index (χ1) is 13.2.